The quantitative estimate of drug-likeness (QED) is 0.898. The first-order valence-electron chi connectivity index (χ1n) is 9.02. The highest BCUT2D eigenvalue weighted by atomic mass is 16.2. The molecule has 1 N–H and O–H groups in total. The first kappa shape index (κ1) is 18.8. The molecule has 5 nitrogen and oxygen atoms in total. The molecule has 0 atom stereocenters. The van der Waals surface area contributed by atoms with Crippen LogP contribution >= 0.6 is 0 Å². The van der Waals surface area contributed by atoms with E-state index in [1.54, 1.807) is 12.4 Å². The predicted octanol–water partition coefficient (Wildman–Crippen LogP) is 3.34. The zero-order valence-corrected chi connectivity index (χ0v) is 16.0. The van der Waals surface area contributed by atoms with E-state index in [0.29, 0.717) is 5.69 Å². The maximum Gasteiger partial charge on any atom is 0.274 e. The van der Waals surface area contributed by atoms with Crippen molar-refractivity contribution in [1.29, 1.82) is 0 Å². The Hall–Kier alpha value is -1.49. The molecular weight excluding hydrogens is 300 g/mol. The summed E-state index contributed by atoms with van der Waals surface area (Å²) >= 11 is 0. The predicted molar refractivity (Wildman–Crippen MR) is 97.0 cm³/mol. The Kier molecular flexibility index (Phi) is 5.63. The van der Waals surface area contributed by atoms with Gasteiger partial charge in [-0.15, -0.1) is 0 Å². The Bertz CT molecular complexity index is 549. The normalized spacial score (nSPS) is 19.9. The Labute approximate surface area is 146 Å². The second-order valence-corrected chi connectivity index (χ2v) is 8.35. The zero-order chi connectivity index (χ0) is 18.0. The van der Waals surface area contributed by atoms with Gasteiger partial charge < -0.3 is 10.2 Å². The minimum atomic E-state index is 0.00875. The molecule has 1 fully saturated rings. The minimum Gasteiger partial charge on any atom is -0.334 e. The van der Waals surface area contributed by atoms with E-state index in [0.717, 1.165) is 37.9 Å². The first-order chi connectivity index (χ1) is 11.1. The molecule has 5 heteroatoms. The molecule has 0 spiro atoms. The summed E-state index contributed by atoms with van der Waals surface area (Å²) in [6, 6.07) is 0.221. The third-order valence-electron chi connectivity index (χ3n) is 4.62. The lowest BCUT2D eigenvalue weighted by molar-refractivity contribution is 0.0436. The maximum absolute atomic E-state index is 13.1. The summed E-state index contributed by atoms with van der Waals surface area (Å²) < 4.78 is 0. The highest BCUT2D eigenvalue weighted by Crippen LogP contribution is 2.32. The molecule has 1 amide bonds. The van der Waals surface area contributed by atoms with Crippen molar-refractivity contribution in [2.45, 2.75) is 84.3 Å². The third kappa shape index (κ3) is 4.76. The molecule has 1 aliphatic rings. The molecule has 1 saturated heterocycles. The van der Waals surface area contributed by atoms with Crippen molar-refractivity contribution in [3.8, 4) is 0 Å². The van der Waals surface area contributed by atoms with Gasteiger partial charge in [-0.25, -0.2) is 4.98 Å². The lowest BCUT2D eigenvalue weighted by Gasteiger charge is -2.49. The average Bonchev–Trinajstić information content (AvgIpc) is 2.45. The highest BCUT2D eigenvalue weighted by molar-refractivity contribution is 5.92. The van der Waals surface area contributed by atoms with E-state index in [1.807, 2.05) is 11.8 Å². The van der Waals surface area contributed by atoms with Gasteiger partial charge in [0.05, 0.1) is 11.9 Å². The SMILES string of the molecule is CCCCN(C(=O)c1cnc(C)cn1)C1CC(C)(C)NC(C)(C)C1. The van der Waals surface area contributed by atoms with Crippen molar-refractivity contribution < 1.29 is 4.79 Å². The van der Waals surface area contributed by atoms with Crippen LogP contribution in [0.15, 0.2) is 12.4 Å². The maximum atomic E-state index is 13.1. The van der Waals surface area contributed by atoms with Crippen molar-refractivity contribution in [1.82, 2.24) is 20.2 Å². The number of piperidine rings is 1. The molecular formula is C19H32N4O. The van der Waals surface area contributed by atoms with Crippen molar-refractivity contribution in [2.24, 2.45) is 0 Å². The smallest absolute Gasteiger partial charge is 0.274 e. The van der Waals surface area contributed by atoms with Crippen LogP contribution in [0.2, 0.25) is 0 Å². The van der Waals surface area contributed by atoms with Gasteiger partial charge in [0.2, 0.25) is 0 Å². The van der Waals surface area contributed by atoms with Gasteiger partial charge in [-0.2, -0.15) is 0 Å². The molecule has 134 valence electrons. The van der Waals surface area contributed by atoms with E-state index in [-0.39, 0.29) is 23.0 Å². The summed E-state index contributed by atoms with van der Waals surface area (Å²) in [5.74, 6) is 0.00875. The zero-order valence-electron chi connectivity index (χ0n) is 16.0. The summed E-state index contributed by atoms with van der Waals surface area (Å²) in [6.07, 6.45) is 7.25. The van der Waals surface area contributed by atoms with Crippen molar-refractivity contribution >= 4 is 5.91 Å². The average molecular weight is 332 g/mol. The van der Waals surface area contributed by atoms with Crippen LogP contribution in [0.3, 0.4) is 0 Å². The number of nitrogens with zero attached hydrogens (tertiary/aromatic N) is 3. The Morgan fingerprint density at radius 1 is 1.21 bits per heavy atom. The molecule has 1 aromatic heterocycles. The van der Waals surface area contributed by atoms with Crippen molar-refractivity contribution in [3.63, 3.8) is 0 Å². The standard InChI is InChI=1S/C19H32N4O/c1-7-8-9-23(17(24)16-13-20-14(2)12-21-16)15-10-18(3,4)22-19(5,6)11-15/h12-13,15,22H,7-11H2,1-6H3. The molecule has 1 aromatic rings. The largest absolute Gasteiger partial charge is 0.334 e. The van der Waals surface area contributed by atoms with Gasteiger partial charge in [0.15, 0.2) is 0 Å². The lowest BCUT2D eigenvalue weighted by atomic mass is 9.79. The molecule has 0 aromatic carbocycles. The van der Waals surface area contributed by atoms with Crippen LogP contribution in [-0.2, 0) is 0 Å². The summed E-state index contributed by atoms with van der Waals surface area (Å²) in [7, 11) is 0. The molecule has 1 aliphatic heterocycles. The lowest BCUT2D eigenvalue weighted by Crippen LogP contribution is -2.63. The van der Waals surface area contributed by atoms with E-state index < -0.39 is 0 Å². The molecule has 2 rings (SSSR count). The Balaban J connectivity index is 2.26. The van der Waals surface area contributed by atoms with Gasteiger partial charge in [0.1, 0.15) is 5.69 Å². The fraction of sp³-hybridized carbons (Fsp3) is 0.737. The van der Waals surface area contributed by atoms with Crippen LogP contribution in [0.4, 0.5) is 0 Å². The van der Waals surface area contributed by atoms with E-state index >= 15 is 0 Å². The first-order valence-corrected chi connectivity index (χ1v) is 9.02. The Morgan fingerprint density at radius 2 is 1.83 bits per heavy atom. The van der Waals surface area contributed by atoms with E-state index in [9.17, 15) is 4.79 Å². The van der Waals surface area contributed by atoms with Gasteiger partial charge in [-0.05, 0) is 53.9 Å². The summed E-state index contributed by atoms with van der Waals surface area (Å²) in [5.41, 5.74) is 1.30. The summed E-state index contributed by atoms with van der Waals surface area (Å²) in [5, 5.41) is 3.69. The van der Waals surface area contributed by atoms with Gasteiger partial charge in [0.25, 0.3) is 5.91 Å². The van der Waals surface area contributed by atoms with E-state index in [4.69, 9.17) is 0 Å². The molecule has 2 heterocycles. The van der Waals surface area contributed by atoms with Crippen LogP contribution in [0.1, 0.15) is 76.5 Å². The number of rotatable bonds is 5. The number of aromatic nitrogens is 2. The molecule has 0 bridgehead atoms. The molecule has 0 saturated carbocycles. The third-order valence-corrected chi connectivity index (χ3v) is 4.62. The number of carbonyl (C=O) groups excluding carboxylic acids is 1. The summed E-state index contributed by atoms with van der Waals surface area (Å²) in [4.78, 5) is 23.7. The topological polar surface area (TPSA) is 58.1 Å². The van der Waals surface area contributed by atoms with E-state index in [1.165, 1.54) is 0 Å². The second-order valence-electron chi connectivity index (χ2n) is 8.35. The number of nitrogens with one attached hydrogen (secondary N) is 1. The van der Waals surface area contributed by atoms with Gasteiger partial charge in [-0.1, -0.05) is 13.3 Å². The number of unbranched alkanes of at least 4 members (excludes halogenated alkanes) is 1. The molecule has 0 aliphatic carbocycles. The van der Waals surface area contributed by atoms with Crippen molar-refractivity contribution in [2.75, 3.05) is 6.54 Å². The number of hydrogen-bond acceptors (Lipinski definition) is 4. The molecule has 0 radical (unpaired) electrons. The minimum absolute atomic E-state index is 0.00875. The number of carbonyl (C=O) groups is 1. The van der Waals surface area contributed by atoms with E-state index in [2.05, 4.69) is 49.9 Å². The Morgan fingerprint density at radius 3 is 2.33 bits per heavy atom. The number of aryl methyl sites for hydroxylation is 1. The molecule has 0 unspecified atom stereocenters. The monoisotopic (exact) mass is 332 g/mol. The van der Waals surface area contributed by atoms with Crippen molar-refractivity contribution in [3.05, 3.63) is 23.8 Å². The van der Waals surface area contributed by atoms with Crippen LogP contribution in [0.25, 0.3) is 0 Å². The molecule has 24 heavy (non-hydrogen) atoms. The fourth-order valence-electron chi connectivity index (χ4n) is 3.92. The van der Waals surface area contributed by atoms with Gasteiger partial charge in [-0.3, -0.25) is 9.78 Å². The fourth-order valence-corrected chi connectivity index (χ4v) is 3.92. The van der Waals surface area contributed by atoms with Crippen LogP contribution in [0.5, 0.6) is 0 Å². The summed E-state index contributed by atoms with van der Waals surface area (Å²) in [6.45, 7) is 13.7. The van der Waals surface area contributed by atoms with Crippen LogP contribution in [0, 0.1) is 6.92 Å². The van der Waals surface area contributed by atoms with Gasteiger partial charge in [0, 0.05) is 29.9 Å². The van der Waals surface area contributed by atoms with Gasteiger partial charge >= 0.3 is 0 Å². The number of hydrogen-bond donors (Lipinski definition) is 1. The highest BCUT2D eigenvalue weighted by Gasteiger charge is 2.41. The van der Waals surface area contributed by atoms with Crippen LogP contribution < -0.4 is 5.32 Å². The number of amides is 1. The van der Waals surface area contributed by atoms with Crippen LogP contribution in [-0.4, -0.2) is 44.4 Å². The second kappa shape index (κ2) is 7.18.